The van der Waals surface area contributed by atoms with Gasteiger partial charge in [0.1, 0.15) is 0 Å². The molecule has 0 aromatic heterocycles. The topological polar surface area (TPSA) is 0 Å². The van der Waals surface area contributed by atoms with Crippen molar-refractivity contribution in [3.63, 3.8) is 0 Å². The largest absolute Gasteiger partial charge is 1.00 e. The van der Waals surface area contributed by atoms with Crippen molar-refractivity contribution in [3.8, 4) is 33.4 Å². The molecule has 354 valence electrons. The second kappa shape index (κ2) is 20.2. The predicted octanol–water partition coefficient (Wildman–Crippen LogP) is 10.7. The number of hydrogen-bond acceptors (Lipinski definition) is 0. The molecule has 2 aliphatic carbocycles. The maximum Gasteiger partial charge on any atom is -1.00 e. The molecule has 9 heteroatoms. The fourth-order valence-corrected chi connectivity index (χ4v) is 19.6. The molecule has 0 amide bonds. The Morgan fingerprint density at radius 1 is 0.588 bits per heavy atom. The molecule has 0 saturated heterocycles. The summed E-state index contributed by atoms with van der Waals surface area (Å²) in [6.07, 6.45) is -0.803. The van der Waals surface area contributed by atoms with E-state index in [-0.39, 0.29) is 36.1 Å². The summed E-state index contributed by atoms with van der Waals surface area (Å²) in [5.41, 5.74) is 17.1. The molecule has 0 aliphatic heterocycles. The van der Waals surface area contributed by atoms with Crippen molar-refractivity contribution in [2.75, 3.05) is 0 Å². The molecule has 0 bridgehead atoms. The number of halogens is 8. The third-order valence-corrected chi connectivity index (χ3v) is 21.6. The Labute approximate surface area is 419 Å². The van der Waals surface area contributed by atoms with E-state index in [0.717, 1.165) is 91.2 Å². The van der Waals surface area contributed by atoms with E-state index in [1.165, 1.54) is 45.5 Å². The van der Waals surface area contributed by atoms with Gasteiger partial charge in [0.25, 0.3) is 0 Å². The zero-order valence-corrected chi connectivity index (χ0v) is 44.4. The average Bonchev–Trinajstić information content (AvgIpc) is 3.83. The summed E-state index contributed by atoms with van der Waals surface area (Å²) in [6, 6.07) is 31.0. The zero-order chi connectivity index (χ0) is 47.6. The second-order valence-electron chi connectivity index (χ2n) is 19.7. The number of benzene rings is 6. The van der Waals surface area contributed by atoms with Crippen LogP contribution in [0.25, 0.3) is 33.4 Å². The molecule has 0 nitrogen and oxygen atoms in total. The van der Waals surface area contributed by atoms with Crippen LogP contribution in [0.3, 0.4) is 0 Å². The van der Waals surface area contributed by atoms with Gasteiger partial charge in [-0.2, -0.15) is 0 Å². The second-order valence-corrected chi connectivity index (χ2v) is 25.5. The first-order chi connectivity index (χ1) is 31.0. The molecular formula is C59H58Cl2F6Zr. The number of alkyl halides is 6. The van der Waals surface area contributed by atoms with E-state index in [9.17, 15) is 26.3 Å². The van der Waals surface area contributed by atoms with Crippen LogP contribution in [0.1, 0.15) is 114 Å². The molecule has 8 rings (SSSR count). The van der Waals surface area contributed by atoms with Gasteiger partial charge in [0.05, 0.1) is 0 Å². The van der Waals surface area contributed by atoms with Crippen molar-refractivity contribution >= 4 is 6.48 Å². The summed E-state index contributed by atoms with van der Waals surface area (Å²) in [5, 5.41) is 0. The quantitative estimate of drug-likeness (QED) is 0.126. The molecule has 0 fully saturated rings. The van der Waals surface area contributed by atoms with Crippen molar-refractivity contribution in [1.82, 2.24) is 0 Å². The van der Waals surface area contributed by atoms with E-state index < -0.39 is 44.7 Å². The van der Waals surface area contributed by atoms with Gasteiger partial charge in [-0.25, -0.2) is 0 Å². The van der Waals surface area contributed by atoms with Crippen LogP contribution in [0.2, 0.25) is 0 Å². The van der Waals surface area contributed by atoms with E-state index in [1.807, 2.05) is 0 Å². The van der Waals surface area contributed by atoms with Gasteiger partial charge in [-0.3, -0.25) is 0 Å². The van der Waals surface area contributed by atoms with Crippen LogP contribution in [0.5, 0.6) is 0 Å². The maximum absolute atomic E-state index is 14.3. The average molecular weight is 1040 g/mol. The van der Waals surface area contributed by atoms with Crippen molar-refractivity contribution < 1.29 is 72.4 Å². The van der Waals surface area contributed by atoms with E-state index >= 15 is 0 Å². The summed E-state index contributed by atoms with van der Waals surface area (Å²) in [4.78, 5) is 0. The predicted molar refractivity (Wildman–Crippen MR) is 258 cm³/mol. The molecule has 1 unspecified atom stereocenters. The smallest absolute Gasteiger partial charge is 1.00 e. The molecule has 6 aromatic rings. The van der Waals surface area contributed by atoms with Gasteiger partial charge in [0, 0.05) is 0 Å². The Morgan fingerprint density at radius 3 is 1.53 bits per heavy atom. The standard InChI is InChI=1S/C31H29.C15H8F6.C13H21.2ClH.Zr/c1-18-11-20(3)30(21(4)12-18)24-7-9-28-26(15-24)17-27-16-25(8-10-29(27)28)31-22(5)13-19(2)14-23(31)6;16-14(17,18)12-5-1-10(2-6-12)9-11-3-7-13(8-4-11)15(19,20)21;1-5-6-7-11-8-9-12(10-11)13(2,3)4;;;/h7-15H,17H2,1-6H3;1-8H;9-11H,5-7H2,1-4H3;2*1H;/q;;;;;+2/p-2. The van der Waals surface area contributed by atoms with Crippen LogP contribution in [-0.4, -0.2) is 3.21 Å². The molecule has 0 saturated carbocycles. The zero-order valence-electron chi connectivity index (χ0n) is 40.4. The van der Waals surface area contributed by atoms with E-state index in [1.54, 1.807) is 24.3 Å². The summed E-state index contributed by atoms with van der Waals surface area (Å²) >= 11 is -3.88. The SMILES string of the molecule is CCCCC1C=C(C(C)(C)C)C=[C]1[Zr+2](=[C](c1ccc(C(F)(F)F)cc1)c1ccc(C(F)(F)F)cc1)[c]1c(-c2c(C)cc(C)cc2C)ccc2c1Cc1cc(-c3c(C)cc(C)cc3C)ccc1-2.[Cl-].[Cl-]. The summed E-state index contributed by atoms with van der Waals surface area (Å²) in [7, 11) is 0. The monoisotopic (exact) mass is 1040 g/mol. The number of unbranched alkanes of at least 4 members (excludes halogenated alkanes) is 1. The molecule has 6 aromatic carbocycles. The van der Waals surface area contributed by atoms with E-state index in [0.29, 0.717) is 17.5 Å². The molecule has 1 atom stereocenters. The first-order valence-corrected chi connectivity index (χ1v) is 26.7. The van der Waals surface area contributed by atoms with Gasteiger partial charge >= 0.3 is 397 Å². The van der Waals surface area contributed by atoms with Crippen molar-refractivity contribution in [1.29, 1.82) is 0 Å². The third-order valence-electron chi connectivity index (χ3n) is 13.6. The molecule has 68 heavy (non-hydrogen) atoms. The molecule has 2 aliphatic rings. The van der Waals surface area contributed by atoms with E-state index in [2.05, 4.69) is 136 Å². The number of aryl methyl sites for hydroxylation is 6. The van der Waals surface area contributed by atoms with Crippen LogP contribution >= 0.6 is 0 Å². The Kier molecular flexibility index (Phi) is 15.8. The number of allylic oxidation sites excluding steroid dienone is 4. The van der Waals surface area contributed by atoms with Crippen LogP contribution < -0.4 is 28.1 Å². The minimum atomic E-state index is -4.56. The van der Waals surface area contributed by atoms with Crippen LogP contribution in [0.15, 0.2) is 124 Å². The number of hydrogen-bond donors (Lipinski definition) is 0. The van der Waals surface area contributed by atoms with Gasteiger partial charge in [-0.1, -0.05) is 0 Å². The molecular weight excluding hydrogens is 985 g/mol. The number of fused-ring (bicyclic) bond motifs is 3. The third kappa shape index (κ3) is 10.4. The van der Waals surface area contributed by atoms with Gasteiger partial charge in [0.2, 0.25) is 0 Å². The van der Waals surface area contributed by atoms with Crippen LogP contribution in [0, 0.1) is 52.9 Å². The summed E-state index contributed by atoms with van der Waals surface area (Å²) in [5.74, 6) is 0.0549. The normalized spacial score (nSPS) is 14.2. The Morgan fingerprint density at radius 2 is 1.06 bits per heavy atom. The Hall–Kier alpha value is -4.29. The van der Waals surface area contributed by atoms with Gasteiger partial charge < -0.3 is 24.8 Å². The fourth-order valence-electron chi connectivity index (χ4n) is 10.7. The Balaban J connectivity index is 0.00000381. The van der Waals surface area contributed by atoms with Crippen molar-refractivity contribution in [2.45, 2.75) is 107 Å². The fraction of sp³-hybridized carbons (Fsp3) is 0.305. The minimum absolute atomic E-state index is 0. The molecule has 0 radical (unpaired) electrons. The van der Waals surface area contributed by atoms with Gasteiger partial charge in [-0.05, 0) is 0 Å². The maximum atomic E-state index is 14.3. The van der Waals surface area contributed by atoms with E-state index in [4.69, 9.17) is 0 Å². The first kappa shape index (κ1) is 53.1. The molecule has 0 heterocycles. The number of rotatable bonds is 9. The first-order valence-electron chi connectivity index (χ1n) is 23.0. The van der Waals surface area contributed by atoms with Crippen molar-refractivity contribution in [3.05, 3.63) is 191 Å². The molecule has 0 N–H and O–H groups in total. The summed E-state index contributed by atoms with van der Waals surface area (Å²) in [6.45, 7) is 21.7. The van der Waals surface area contributed by atoms with Crippen molar-refractivity contribution in [2.24, 2.45) is 11.3 Å². The van der Waals surface area contributed by atoms with Gasteiger partial charge in [-0.15, -0.1) is 0 Å². The van der Waals surface area contributed by atoms with Crippen LogP contribution in [-0.2, 0) is 40.0 Å². The van der Waals surface area contributed by atoms with Gasteiger partial charge in [0.15, 0.2) is 0 Å². The minimum Gasteiger partial charge on any atom is -1.00 e. The Bertz CT molecular complexity index is 2870. The van der Waals surface area contributed by atoms with Crippen LogP contribution in [0.4, 0.5) is 26.3 Å². The summed E-state index contributed by atoms with van der Waals surface area (Å²) < 4.78 is 89.2. The molecule has 0 spiro atoms.